The molecule has 3 heterocycles. The van der Waals surface area contributed by atoms with Crippen LogP contribution in [0.2, 0.25) is 0 Å². The minimum absolute atomic E-state index is 0.440. The lowest BCUT2D eigenvalue weighted by molar-refractivity contribution is 0.0559. The number of aliphatic hydroxyl groups is 1. The molecule has 0 spiro atoms. The molecule has 2 aromatic heterocycles. The van der Waals surface area contributed by atoms with Gasteiger partial charge in [0.05, 0.1) is 17.2 Å². The predicted molar refractivity (Wildman–Crippen MR) is 66.8 cm³/mol. The molecule has 0 unspecified atom stereocenters. The average molecular weight is 311 g/mol. The van der Waals surface area contributed by atoms with Crippen LogP contribution in [0.25, 0.3) is 0 Å². The number of anilines is 1. The lowest BCUT2D eigenvalue weighted by atomic mass is 10.0. The second kappa shape index (κ2) is 4.29. The fraction of sp³-hybridized carbons (Fsp3) is 0.400. The van der Waals surface area contributed by atoms with E-state index in [-0.39, 0.29) is 0 Å². The van der Waals surface area contributed by atoms with Crippen LogP contribution in [0.15, 0.2) is 23.2 Å². The molecule has 18 heavy (non-hydrogen) atoms. The number of β-amino-alcohol motifs (C(OH)–C–C–N with tert-alkyl or cyclic N) is 1. The Hall–Kier alpha value is -1.54. The fourth-order valence-electron chi connectivity index (χ4n) is 2.15. The summed E-state index contributed by atoms with van der Waals surface area (Å²) in [5.74, 6) is 0.782. The van der Waals surface area contributed by atoms with Crippen molar-refractivity contribution in [3.8, 4) is 0 Å². The van der Waals surface area contributed by atoms with Gasteiger partial charge in [0.1, 0.15) is 23.4 Å². The van der Waals surface area contributed by atoms with Gasteiger partial charge in [-0.05, 0) is 15.9 Å². The third-order valence-electron chi connectivity index (χ3n) is 3.09. The summed E-state index contributed by atoms with van der Waals surface area (Å²) >= 11 is 3.41. The highest BCUT2D eigenvalue weighted by atomic mass is 79.9. The zero-order chi connectivity index (χ0) is 12.6. The summed E-state index contributed by atoms with van der Waals surface area (Å²) in [6.45, 7) is 1.15. The molecule has 0 aliphatic carbocycles. The molecule has 0 aromatic carbocycles. The number of rotatable bonds is 2. The topological polar surface area (TPSA) is 90.8 Å². The molecule has 2 N–H and O–H groups in total. The molecular weight excluding hydrogens is 300 g/mol. The summed E-state index contributed by atoms with van der Waals surface area (Å²) in [6, 6.07) is 0. The molecule has 1 atom stereocenters. The predicted octanol–water partition coefficient (Wildman–Crippen LogP) is 0.455. The van der Waals surface area contributed by atoms with E-state index < -0.39 is 5.60 Å². The van der Waals surface area contributed by atoms with Gasteiger partial charge in [-0.1, -0.05) is 0 Å². The molecule has 1 saturated heterocycles. The second-order valence-corrected chi connectivity index (χ2v) is 5.11. The highest BCUT2D eigenvalue weighted by Crippen LogP contribution is 2.34. The van der Waals surface area contributed by atoms with Crippen molar-refractivity contribution in [3.05, 3.63) is 28.9 Å². The first-order chi connectivity index (χ1) is 8.69. The standard InChI is InChI=1S/C10H11BrN6O/c11-7-3-12-6-13-9(7)17-2-1-10(18,5-17)8-4-14-16-15-8/h3-4,6,18H,1-2,5H2,(H,14,15,16)/t10-/m0/s1. The maximum Gasteiger partial charge on any atom is 0.146 e. The third-order valence-corrected chi connectivity index (χ3v) is 3.65. The van der Waals surface area contributed by atoms with Gasteiger partial charge in [-0.2, -0.15) is 15.4 Å². The Morgan fingerprint density at radius 3 is 3.06 bits per heavy atom. The molecule has 7 nitrogen and oxygen atoms in total. The molecule has 0 amide bonds. The molecule has 0 radical (unpaired) electrons. The summed E-state index contributed by atoms with van der Waals surface area (Å²) < 4.78 is 0.814. The van der Waals surface area contributed by atoms with Crippen molar-refractivity contribution < 1.29 is 5.11 Å². The van der Waals surface area contributed by atoms with E-state index in [9.17, 15) is 5.11 Å². The molecule has 3 rings (SSSR count). The number of nitrogens with zero attached hydrogens (tertiary/aromatic N) is 5. The molecule has 1 aliphatic rings. The zero-order valence-electron chi connectivity index (χ0n) is 9.41. The quantitative estimate of drug-likeness (QED) is 0.837. The third kappa shape index (κ3) is 1.87. The van der Waals surface area contributed by atoms with Gasteiger partial charge in [-0.3, -0.25) is 0 Å². The van der Waals surface area contributed by atoms with Gasteiger partial charge in [0.25, 0.3) is 0 Å². The van der Waals surface area contributed by atoms with Crippen molar-refractivity contribution in [2.45, 2.75) is 12.0 Å². The average Bonchev–Trinajstić information content (AvgIpc) is 2.99. The Kier molecular flexibility index (Phi) is 2.75. The summed E-state index contributed by atoms with van der Waals surface area (Å²) in [6.07, 6.45) is 5.33. The highest BCUT2D eigenvalue weighted by Gasteiger charge is 2.40. The fourth-order valence-corrected chi connectivity index (χ4v) is 2.62. The van der Waals surface area contributed by atoms with Crippen molar-refractivity contribution in [2.24, 2.45) is 0 Å². The van der Waals surface area contributed by atoms with Gasteiger partial charge in [0.2, 0.25) is 0 Å². The number of aromatic nitrogens is 5. The van der Waals surface area contributed by atoms with Crippen LogP contribution < -0.4 is 4.90 Å². The van der Waals surface area contributed by atoms with Crippen LogP contribution in [0, 0.1) is 0 Å². The van der Waals surface area contributed by atoms with Gasteiger partial charge < -0.3 is 10.0 Å². The van der Waals surface area contributed by atoms with Crippen LogP contribution in [-0.2, 0) is 5.60 Å². The Morgan fingerprint density at radius 1 is 1.44 bits per heavy atom. The summed E-state index contributed by atoms with van der Waals surface area (Å²) in [5, 5.41) is 20.8. The van der Waals surface area contributed by atoms with Gasteiger partial charge in [0.15, 0.2) is 0 Å². The first-order valence-corrected chi connectivity index (χ1v) is 6.27. The lowest BCUT2D eigenvalue weighted by Crippen LogP contribution is -2.31. The molecule has 0 bridgehead atoms. The Balaban J connectivity index is 1.86. The molecule has 2 aromatic rings. The van der Waals surface area contributed by atoms with Crippen molar-refractivity contribution >= 4 is 21.7 Å². The van der Waals surface area contributed by atoms with E-state index in [1.807, 2.05) is 4.90 Å². The normalized spacial score (nSPS) is 23.6. The summed E-state index contributed by atoms with van der Waals surface area (Å²) in [5.41, 5.74) is -0.410. The van der Waals surface area contributed by atoms with Crippen molar-refractivity contribution in [1.82, 2.24) is 25.4 Å². The van der Waals surface area contributed by atoms with Crippen molar-refractivity contribution in [3.63, 3.8) is 0 Å². The number of halogens is 1. The van der Waals surface area contributed by atoms with E-state index in [1.54, 1.807) is 12.4 Å². The first-order valence-electron chi connectivity index (χ1n) is 5.48. The zero-order valence-corrected chi connectivity index (χ0v) is 11.0. The summed E-state index contributed by atoms with van der Waals surface area (Å²) in [4.78, 5) is 10.1. The minimum atomic E-state index is -0.975. The van der Waals surface area contributed by atoms with E-state index in [4.69, 9.17) is 0 Å². The van der Waals surface area contributed by atoms with E-state index in [0.29, 0.717) is 25.2 Å². The van der Waals surface area contributed by atoms with Crippen molar-refractivity contribution in [2.75, 3.05) is 18.0 Å². The lowest BCUT2D eigenvalue weighted by Gasteiger charge is -2.22. The van der Waals surface area contributed by atoms with Gasteiger partial charge >= 0.3 is 0 Å². The second-order valence-electron chi connectivity index (χ2n) is 4.25. The van der Waals surface area contributed by atoms with Crippen LogP contribution in [0.5, 0.6) is 0 Å². The van der Waals surface area contributed by atoms with Gasteiger partial charge in [0, 0.05) is 19.2 Å². The monoisotopic (exact) mass is 310 g/mol. The van der Waals surface area contributed by atoms with E-state index in [1.165, 1.54) is 6.33 Å². The molecular formula is C10H11BrN6O. The Morgan fingerprint density at radius 2 is 2.33 bits per heavy atom. The minimum Gasteiger partial charge on any atom is -0.381 e. The van der Waals surface area contributed by atoms with Crippen LogP contribution in [-0.4, -0.2) is 43.6 Å². The Labute approximate surface area is 111 Å². The maximum atomic E-state index is 10.6. The van der Waals surface area contributed by atoms with E-state index >= 15 is 0 Å². The number of hydrogen-bond acceptors (Lipinski definition) is 6. The van der Waals surface area contributed by atoms with Crippen LogP contribution in [0.1, 0.15) is 12.1 Å². The van der Waals surface area contributed by atoms with Crippen LogP contribution in [0.3, 0.4) is 0 Å². The molecule has 94 valence electrons. The van der Waals surface area contributed by atoms with E-state index in [2.05, 4.69) is 41.3 Å². The van der Waals surface area contributed by atoms with Crippen LogP contribution >= 0.6 is 15.9 Å². The molecule has 0 saturated carbocycles. The largest absolute Gasteiger partial charge is 0.381 e. The number of aromatic amines is 1. The summed E-state index contributed by atoms with van der Waals surface area (Å²) in [7, 11) is 0. The molecule has 8 heteroatoms. The SMILES string of the molecule is O[C@@]1(c2cn[nH]n2)CCN(c2ncncc2Br)C1. The molecule has 1 aliphatic heterocycles. The van der Waals surface area contributed by atoms with Gasteiger partial charge in [-0.25, -0.2) is 9.97 Å². The number of nitrogens with one attached hydrogen (secondary N) is 1. The first kappa shape index (κ1) is 11.5. The highest BCUT2D eigenvalue weighted by molar-refractivity contribution is 9.10. The van der Waals surface area contributed by atoms with Crippen molar-refractivity contribution in [1.29, 1.82) is 0 Å². The Bertz CT molecular complexity index is 547. The molecule has 1 fully saturated rings. The smallest absolute Gasteiger partial charge is 0.146 e. The van der Waals surface area contributed by atoms with E-state index in [0.717, 1.165) is 10.3 Å². The van der Waals surface area contributed by atoms with Gasteiger partial charge in [-0.15, -0.1) is 0 Å². The number of hydrogen-bond donors (Lipinski definition) is 2. The number of H-pyrrole nitrogens is 1. The maximum absolute atomic E-state index is 10.6. The van der Waals surface area contributed by atoms with Crippen LogP contribution in [0.4, 0.5) is 5.82 Å².